The Balaban J connectivity index is 1.67. The van der Waals surface area contributed by atoms with E-state index in [0.29, 0.717) is 0 Å². The average Bonchev–Trinajstić information content (AvgIpc) is 3.22. The van der Waals surface area contributed by atoms with Crippen LogP contribution < -0.4 is 9.80 Å². The fourth-order valence-corrected chi connectivity index (χ4v) is 4.03. The van der Waals surface area contributed by atoms with Crippen molar-refractivity contribution in [1.82, 2.24) is 9.97 Å². The number of aromatic nitrogens is 2. The highest BCUT2D eigenvalue weighted by atomic mass is 32.2. The smallest absolute Gasteiger partial charge is 0.172 e. The normalized spacial score (nSPS) is 15.3. The van der Waals surface area contributed by atoms with Crippen molar-refractivity contribution in [3.05, 3.63) is 54.1 Å². The second kappa shape index (κ2) is 7.64. The summed E-state index contributed by atoms with van der Waals surface area (Å²) in [6.07, 6.45) is 4.11. The van der Waals surface area contributed by atoms with Crippen molar-refractivity contribution in [1.29, 1.82) is 0 Å². The molecule has 1 atom stereocenters. The number of benzene rings is 2. The summed E-state index contributed by atoms with van der Waals surface area (Å²) in [5.41, 5.74) is 3.01. The predicted octanol–water partition coefficient (Wildman–Crippen LogP) is 3.60. The van der Waals surface area contributed by atoms with Crippen molar-refractivity contribution in [2.75, 3.05) is 36.2 Å². The van der Waals surface area contributed by atoms with E-state index < -0.39 is 10.8 Å². The number of rotatable bonds is 5. The molecule has 1 unspecified atom stereocenters. The summed E-state index contributed by atoms with van der Waals surface area (Å²) in [6.45, 7) is 2.79. The Morgan fingerprint density at radius 3 is 2.26 bits per heavy atom. The van der Waals surface area contributed by atoms with Crippen molar-refractivity contribution < 1.29 is 4.21 Å². The van der Waals surface area contributed by atoms with Crippen molar-refractivity contribution in [3.8, 4) is 0 Å². The van der Waals surface area contributed by atoms with Gasteiger partial charge in [0, 0.05) is 48.6 Å². The Bertz CT molecular complexity index is 968. The molecule has 5 nitrogen and oxygen atoms in total. The molecule has 2 aromatic carbocycles. The Labute approximate surface area is 162 Å². The molecular weight excluding hydrogens is 356 g/mol. The van der Waals surface area contributed by atoms with E-state index in [2.05, 4.69) is 16.8 Å². The van der Waals surface area contributed by atoms with Crippen molar-refractivity contribution >= 4 is 33.5 Å². The second-order valence-electron chi connectivity index (χ2n) is 7.01. The number of hydrogen-bond donors (Lipinski definition) is 0. The maximum absolute atomic E-state index is 11.6. The zero-order valence-corrected chi connectivity index (χ0v) is 16.6. The van der Waals surface area contributed by atoms with Gasteiger partial charge in [-0.25, -0.2) is 9.97 Å². The maximum atomic E-state index is 11.6. The van der Waals surface area contributed by atoms with Crippen LogP contribution >= 0.6 is 0 Å². The number of fused-ring (bicyclic) bond motifs is 1. The SMILES string of the molecule is CN(Cc1ccc(S(C)=O)cc1)c1nc2ccccc2nc1N1CCCC1. The van der Waals surface area contributed by atoms with Crippen LogP contribution in [0.5, 0.6) is 0 Å². The van der Waals surface area contributed by atoms with Gasteiger partial charge in [0.15, 0.2) is 11.6 Å². The van der Waals surface area contributed by atoms with Crippen molar-refractivity contribution in [2.24, 2.45) is 0 Å². The summed E-state index contributed by atoms with van der Waals surface area (Å²) in [5, 5.41) is 0. The van der Waals surface area contributed by atoms with Crippen LogP contribution in [0.15, 0.2) is 53.4 Å². The fraction of sp³-hybridized carbons (Fsp3) is 0.333. The molecule has 6 heteroatoms. The van der Waals surface area contributed by atoms with E-state index in [1.807, 2.05) is 48.5 Å². The van der Waals surface area contributed by atoms with E-state index in [1.54, 1.807) is 6.26 Å². The Morgan fingerprint density at radius 1 is 1.00 bits per heavy atom. The lowest BCUT2D eigenvalue weighted by Gasteiger charge is -2.26. The van der Waals surface area contributed by atoms with Gasteiger partial charge >= 0.3 is 0 Å². The minimum absolute atomic E-state index is 0.727. The third kappa shape index (κ3) is 3.81. The van der Waals surface area contributed by atoms with Crippen LogP contribution in [0.4, 0.5) is 11.6 Å². The minimum atomic E-state index is -0.950. The standard InChI is InChI=1S/C21H24N4OS/c1-24(15-16-9-11-17(12-10-16)27(2)26)20-21(25-13-5-6-14-25)23-19-8-4-3-7-18(19)22-20/h3-4,7-12H,5-6,13-15H2,1-2H3. The van der Waals surface area contributed by atoms with Gasteiger partial charge in [0.25, 0.3) is 0 Å². The van der Waals surface area contributed by atoms with E-state index >= 15 is 0 Å². The molecule has 0 spiro atoms. The van der Waals surface area contributed by atoms with Gasteiger partial charge in [-0.2, -0.15) is 0 Å². The first-order valence-electron chi connectivity index (χ1n) is 9.27. The molecule has 0 N–H and O–H groups in total. The molecule has 27 heavy (non-hydrogen) atoms. The number of nitrogens with zero attached hydrogens (tertiary/aromatic N) is 4. The number of hydrogen-bond acceptors (Lipinski definition) is 5. The molecule has 2 heterocycles. The molecule has 1 fully saturated rings. The van der Waals surface area contributed by atoms with Gasteiger partial charge in [-0.3, -0.25) is 4.21 Å². The van der Waals surface area contributed by atoms with Crippen LogP contribution in [0, 0.1) is 0 Å². The van der Waals surface area contributed by atoms with Gasteiger partial charge in [-0.05, 0) is 42.7 Å². The second-order valence-corrected chi connectivity index (χ2v) is 8.39. The van der Waals surface area contributed by atoms with Gasteiger partial charge in [0.1, 0.15) is 0 Å². The monoisotopic (exact) mass is 380 g/mol. The highest BCUT2D eigenvalue weighted by Gasteiger charge is 2.21. The van der Waals surface area contributed by atoms with Gasteiger partial charge in [0.2, 0.25) is 0 Å². The van der Waals surface area contributed by atoms with Crippen molar-refractivity contribution in [3.63, 3.8) is 0 Å². The highest BCUT2D eigenvalue weighted by molar-refractivity contribution is 7.84. The number of para-hydroxylation sites is 2. The summed E-state index contributed by atoms with van der Waals surface area (Å²) in [4.78, 5) is 15.2. The summed E-state index contributed by atoms with van der Waals surface area (Å²) < 4.78 is 11.6. The lowest BCUT2D eigenvalue weighted by atomic mass is 10.2. The van der Waals surface area contributed by atoms with E-state index in [4.69, 9.17) is 9.97 Å². The first kappa shape index (κ1) is 17.9. The zero-order valence-electron chi connectivity index (χ0n) is 15.8. The van der Waals surface area contributed by atoms with E-state index in [-0.39, 0.29) is 0 Å². The van der Waals surface area contributed by atoms with Crippen molar-refractivity contribution in [2.45, 2.75) is 24.3 Å². The zero-order chi connectivity index (χ0) is 18.8. The van der Waals surface area contributed by atoms with Gasteiger partial charge in [-0.15, -0.1) is 0 Å². The van der Waals surface area contributed by atoms with Crippen LogP contribution in [0.3, 0.4) is 0 Å². The van der Waals surface area contributed by atoms with Gasteiger partial charge in [0.05, 0.1) is 11.0 Å². The predicted molar refractivity (Wildman–Crippen MR) is 112 cm³/mol. The average molecular weight is 381 g/mol. The molecule has 0 amide bonds. The molecule has 1 aromatic heterocycles. The van der Waals surface area contributed by atoms with Crippen LogP contribution in [0.1, 0.15) is 18.4 Å². The lowest BCUT2D eigenvalue weighted by molar-refractivity contribution is 0.687. The molecule has 1 aliphatic rings. The topological polar surface area (TPSA) is 49.3 Å². The summed E-state index contributed by atoms with van der Waals surface area (Å²) in [7, 11) is 1.11. The third-order valence-electron chi connectivity index (χ3n) is 4.98. The maximum Gasteiger partial charge on any atom is 0.172 e. The Hall–Kier alpha value is -2.47. The molecule has 1 aliphatic heterocycles. The van der Waals surface area contributed by atoms with Crippen LogP contribution in [0.25, 0.3) is 11.0 Å². The summed E-state index contributed by atoms with van der Waals surface area (Å²) >= 11 is 0. The highest BCUT2D eigenvalue weighted by Crippen LogP contribution is 2.30. The molecule has 3 aromatic rings. The van der Waals surface area contributed by atoms with Gasteiger partial charge < -0.3 is 9.80 Å². The Morgan fingerprint density at radius 2 is 1.63 bits per heavy atom. The lowest BCUT2D eigenvalue weighted by Crippen LogP contribution is -2.26. The third-order valence-corrected chi connectivity index (χ3v) is 5.91. The first-order chi connectivity index (χ1) is 13.1. The number of anilines is 2. The molecule has 0 saturated carbocycles. The molecule has 1 saturated heterocycles. The van der Waals surface area contributed by atoms with Crippen LogP contribution in [-0.2, 0) is 17.3 Å². The first-order valence-corrected chi connectivity index (χ1v) is 10.8. The molecule has 0 radical (unpaired) electrons. The molecule has 4 rings (SSSR count). The summed E-state index contributed by atoms with van der Waals surface area (Å²) in [6, 6.07) is 16.0. The van der Waals surface area contributed by atoms with E-state index in [9.17, 15) is 4.21 Å². The molecule has 0 aliphatic carbocycles. The molecular formula is C21H24N4OS. The van der Waals surface area contributed by atoms with E-state index in [0.717, 1.165) is 52.8 Å². The molecule has 0 bridgehead atoms. The minimum Gasteiger partial charge on any atom is -0.354 e. The van der Waals surface area contributed by atoms with E-state index in [1.165, 1.54) is 12.8 Å². The van der Waals surface area contributed by atoms with Crippen LogP contribution in [0.2, 0.25) is 0 Å². The van der Waals surface area contributed by atoms with Gasteiger partial charge in [-0.1, -0.05) is 24.3 Å². The van der Waals surface area contributed by atoms with Crippen LogP contribution in [-0.4, -0.2) is 40.6 Å². The summed E-state index contributed by atoms with van der Waals surface area (Å²) in [5.74, 6) is 1.89. The largest absolute Gasteiger partial charge is 0.354 e. The quantitative estimate of drug-likeness (QED) is 0.677. The molecule has 140 valence electrons. The Kier molecular flexibility index (Phi) is 5.07. The fourth-order valence-electron chi connectivity index (χ4n) is 3.51.